The molecule has 156 valence electrons. The van der Waals surface area contributed by atoms with E-state index in [9.17, 15) is 9.59 Å². The van der Waals surface area contributed by atoms with E-state index >= 15 is 0 Å². The zero-order valence-corrected chi connectivity index (χ0v) is 21.8. The molecule has 0 bridgehead atoms. The Hall–Kier alpha value is -1.02. The van der Waals surface area contributed by atoms with E-state index in [-0.39, 0.29) is 12.5 Å². The lowest BCUT2D eigenvalue weighted by Crippen LogP contribution is -2.19. The van der Waals surface area contributed by atoms with Crippen LogP contribution in [0, 0.1) is 7.14 Å². The van der Waals surface area contributed by atoms with E-state index in [1.54, 1.807) is 24.3 Å². The molecular formula is C19H12Cl2I2N2O4S. The van der Waals surface area contributed by atoms with Gasteiger partial charge in [-0.2, -0.15) is 0 Å². The first kappa shape index (κ1) is 23.6. The Kier molecular flexibility index (Phi) is 8.30. The van der Waals surface area contributed by atoms with Crippen molar-refractivity contribution in [2.24, 2.45) is 4.99 Å². The monoisotopic (exact) mass is 688 g/mol. The van der Waals surface area contributed by atoms with Crippen LogP contribution in [0.15, 0.2) is 40.2 Å². The molecular weight excluding hydrogens is 677 g/mol. The standard InChI is InChI=1S/C19H12Cl2I2N2O4S/c1-28-15(26)8-29-17-11(22)5-9(6-12(17)23)7-14-18(27)25-19(30-14)24-13-4-2-3-10(20)16(13)21/h2-7H,8H2,1H3,(H,24,25,27)/b14-7+. The Morgan fingerprint density at radius 1 is 1.27 bits per heavy atom. The first-order valence-electron chi connectivity index (χ1n) is 8.20. The van der Waals surface area contributed by atoms with Gasteiger partial charge in [-0.3, -0.25) is 4.79 Å². The molecule has 0 spiro atoms. The van der Waals surface area contributed by atoms with Gasteiger partial charge in [-0.15, -0.1) is 0 Å². The Bertz CT molecular complexity index is 1070. The maximum atomic E-state index is 12.4. The second-order valence-electron chi connectivity index (χ2n) is 5.73. The normalized spacial score (nSPS) is 16.1. The lowest BCUT2D eigenvalue weighted by atomic mass is 10.2. The molecule has 0 radical (unpaired) electrons. The molecule has 0 atom stereocenters. The predicted molar refractivity (Wildman–Crippen MR) is 137 cm³/mol. The third-order valence-corrected chi connectivity index (χ3v) is 7.01. The number of nitrogens with zero attached hydrogens (tertiary/aromatic N) is 1. The SMILES string of the molecule is COC(=O)COc1c(I)cc(/C=C2/SC(=Nc3cccc(Cl)c3Cl)NC2=O)cc1I. The van der Waals surface area contributed by atoms with Gasteiger partial charge in [-0.05, 0) is 92.8 Å². The van der Waals surface area contributed by atoms with Crippen molar-refractivity contribution in [1.29, 1.82) is 0 Å². The number of benzene rings is 2. The fraction of sp³-hybridized carbons (Fsp3) is 0.105. The van der Waals surface area contributed by atoms with Crippen LogP contribution in [-0.4, -0.2) is 30.8 Å². The molecule has 2 aromatic rings. The van der Waals surface area contributed by atoms with Gasteiger partial charge in [0.15, 0.2) is 11.8 Å². The Balaban J connectivity index is 1.81. The van der Waals surface area contributed by atoms with Crippen LogP contribution in [0.2, 0.25) is 10.0 Å². The Morgan fingerprint density at radius 3 is 2.63 bits per heavy atom. The van der Waals surface area contributed by atoms with Crippen molar-refractivity contribution < 1.29 is 19.1 Å². The van der Waals surface area contributed by atoms with Crippen molar-refractivity contribution >= 4 is 109 Å². The summed E-state index contributed by atoms with van der Waals surface area (Å²) in [6, 6.07) is 8.84. The van der Waals surface area contributed by atoms with E-state index in [0.29, 0.717) is 31.6 Å². The molecule has 1 N–H and O–H groups in total. The third kappa shape index (κ3) is 5.81. The van der Waals surface area contributed by atoms with Gasteiger partial charge in [-0.1, -0.05) is 29.3 Å². The van der Waals surface area contributed by atoms with Crippen LogP contribution < -0.4 is 10.1 Å². The quantitative estimate of drug-likeness (QED) is 0.250. The average molecular weight is 689 g/mol. The second-order valence-corrected chi connectivity index (χ2v) is 9.87. The highest BCUT2D eigenvalue weighted by Crippen LogP contribution is 2.35. The molecule has 30 heavy (non-hydrogen) atoms. The summed E-state index contributed by atoms with van der Waals surface area (Å²) in [5.41, 5.74) is 1.29. The maximum Gasteiger partial charge on any atom is 0.343 e. The minimum atomic E-state index is -0.460. The molecule has 1 heterocycles. The summed E-state index contributed by atoms with van der Waals surface area (Å²) in [6.07, 6.45) is 1.76. The molecule has 1 aliphatic rings. The van der Waals surface area contributed by atoms with E-state index in [2.05, 4.69) is 60.2 Å². The minimum absolute atomic E-state index is 0.174. The van der Waals surface area contributed by atoms with Crippen LogP contribution in [-0.2, 0) is 14.3 Å². The van der Waals surface area contributed by atoms with E-state index < -0.39 is 5.97 Å². The van der Waals surface area contributed by atoms with Crippen molar-refractivity contribution in [3.63, 3.8) is 0 Å². The summed E-state index contributed by atoms with van der Waals surface area (Å²) >= 11 is 17.6. The number of ether oxygens (including phenoxy) is 2. The van der Waals surface area contributed by atoms with Crippen molar-refractivity contribution in [3.05, 3.63) is 58.0 Å². The van der Waals surface area contributed by atoms with E-state index in [1.165, 1.54) is 18.9 Å². The zero-order valence-electron chi connectivity index (χ0n) is 15.2. The number of hydrogen-bond acceptors (Lipinski definition) is 6. The summed E-state index contributed by atoms with van der Waals surface area (Å²) in [5.74, 6) is -0.128. The van der Waals surface area contributed by atoms with Gasteiger partial charge in [0.1, 0.15) is 5.75 Å². The number of amides is 1. The number of methoxy groups -OCH3 is 1. The van der Waals surface area contributed by atoms with Gasteiger partial charge in [0.25, 0.3) is 5.91 Å². The summed E-state index contributed by atoms with van der Waals surface area (Å²) in [4.78, 5) is 28.5. The van der Waals surface area contributed by atoms with Crippen molar-refractivity contribution in [3.8, 4) is 5.75 Å². The van der Waals surface area contributed by atoms with Crippen LogP contribution in [0.4, 0.5) is 5.69 Å². The number of carbonyl (C=O) groups is 2. The molecule has 1 aliphatic heterocycles. The molecule has 11 heteroatoms. The molecule has 0 saturated carbocycles. The van der Waals surface area contributed by atoms with Gasteiger partial charge in [0.2, 0.25) is 0 Å². The first-order chi connectivity index (χ1) is 14.3. The lowest BCUT2D eigenvalue weighted by molar-refractivity contribution is -0.142. The summed E-state index contributed by atoms with van der Waals surface area (Å²) < 4.78 is 11.7. The molecule has 0 unspecified atom stereocenters. The average Bonchev–Trinajstić information content (AvgIpc) is 3.03. The van der Waals surface area contributed by atoms with Crippen molar-refractivity contribution in [2.75, 3.05) is 13.7 Å². The van der Waals surface area contributed by atoms with E-state index in [4.69, 9.17) is 27.9 Å². The predicted octanol–water partition coefficient (Wildman–Crippen LogP) is 5.65. The first-order valence-corrected chi connectivity index (χ1v) is 11.9. The molecule has 0 aromatic heterocycles. The Labute approximate surface area is 214 Å². The molecule has 1 amide bonds. The van der Waals surface area contributed by atoms with Gasteiger partial charge in [0.05, 0.1) is 34.9 Å². The van der Waals surface area contributed by atoms with Crippen LogP contribution in [0.1, 0.15) is 5.56 Å². The summed E-state index contributed by atoms with van der Waals surface area (Å²) in [7, 11) is 1.30. The van der Waals surface area contributed by atoms with E-state index in [0.717, 1.165) is 12.7 Å². The van der Waals surface area contributed by atoms with Crippen LogP contribution in [0.5, 0.6) is 5.75 Å². The fourth-order valence-electron chi connectivity index (χ4n) is 2.31. The van der Waals surface area contributed by atoms with Crippen LogP contribution in [0.3, 0.4) is 0 Å². The van der Waals surface area contributed by atoms with Gasteiger partial charge < -0.3 is 14.8 Å². The summed E-state index contributed by atoms with van der Waals surface area (Å²) in [5, 5.41) is 3.85. The number of carbonyl (C=O) groups excluding carboxylic acids is 2. The van der Waals surface area contributed by atoms with Gasteiger partial charge >= 0.3 is 5.97 Å². The van der Waals surface area contributed by atoms with Gasteiger partial charge in [0, 0.05) is 0 Å². The highest BCUT2D eigenvalue weighted by molar-refractivity contribution is 14.1. The number of nitrogens with one attached hydrogen (secondary N) is 1. The Morgan fingerprint density at radius 2 is 1.97 bits per heavy atom. The van der Waals surface area contributed by atoms with Crippen LogP contribution >= 0.6 is 80.1 Å². The van der Waals surface area contributed by atoms with Gasteiger partial charge in [-0.25, -0.2) is 9.79 Å². The number of rotatable bonds is 5. The van der Waals surface area contributed by atoms with E-state index in [1.807, 2.05) is 12.1 Å². The third-order valence-electron chi connectivity index (χ3n) is 3.68. The number of hydrogen-bond donors (Lipinski definition) is 1. The highest BCUT2D eigenvalue weighted by atomic mass is 127. The fourth-order valence-corrected chi connectivity index (χ4v) is 5.61. The number of halogens is 4. The molecule has 1 saturated heterocycles. The largest absolute Gasteiger partial charge is 0.480 e. The smallest absolute Gasteiger partial charge is 0.343 e. The maximum absolute atomic E-state index is 12.4. The number of amidine groups is 1. The lowest BCUT2D eigenvalue weighted by Gasteiger charge is -2.10. The minimum Gasteiger partial charge on any atom is -0.480 e. The summed E-state index contributed by atoms with van der Waals surface area (Å²) in [6.45, 7) is -0.174. The highest BCUT2D eigenvalue weighted by Gasteiger charge is 2.24. The molecule has 1 fully saturated rings. The molecule has 6 nitrogen and oxygen atoms in total. The van der Waals surface area contributed by atoms with Crippen molar-refractivity contribution in [2.45, 2.75) is 0 Å². The zero-order chi connectivity index (χ0) is 21.8. The molecule has 3 rings (SSSR count). The van der Waals surface area contributed by atoms with Crippen molar-refractivity contribution in [1.82, 2.24) is 5.32 Å². The number of aliphatic imine (C=N–C) groups is 1. The number of esters is 1. The second kappa shape index (κ2) is 10.5. The number of thioether (sulfide) groups is 1. The van der Waals surface area contributed by atoms with Crippen LogP contribution in [0.25, 0.3) is 6.08 Å². The topological polar surface area (TPSA) is 77.0 Å². The molecule has 2 aromatic carbocycles. The molecule has 0 aliphatic carbocycles.